The molecule has 0 spiro atoms. The second kappa shape index (κ2) is 4.82. The standard InChI is InChI=1S/C8H19NO2S/c1-5-7-12(10,11)9(4)8(3)6-2/h8H,5-7H2,1-4H3. The molecule has 0 rings (SSSR count). The molecular formula is C8H19NO2S. The van der Waals surface area contributed by atoms with Gasteiger partial charge in [-0.3, -0.25) is 0 Å². The van der Waals surface area contributed by atoms with Gasteiger partial charge in [-0.05, 0) is 19.8 Å². The molecule has 3 nitrogen and oxygen atoms in total. The van der Waals surface area contributed by atoms with Crippen molar-refractivity contribution in [2.45, 2.75) is 39.7 Å². The Balaban J connectivity index is 4.35. The third-order valence-electron chi connectivity index (χ3n) is 2.11. The molecule has 74 valence electrons. The van der Waals surface area contributed by atoms with Crippen molar-refractivity contribution in [3.8, 4) is 0 Å². The van der Waals surface area contributed by atoms with E-state index in [1.807, 2.05) is 20.8 Å². The van der Waals surface area contributed by atoms with Gasteiger partial charge in [-0.1, -0.05) is 13.8 Å². The van der Waals surface area contributed by atoms with Crippen molar-refractivity contribution in [2.75, 3.05) is 12.8 Å². The quantitative estimate of drug-likeness (QED) is 0.663. The number of hydrogen-bond donors (Lipinski definition) is 0. The zero-order valence-electron chi connectivity index (χ0n) is 8.37. The zero-order chi connectivity index (χ0) is 9.78. The van der Waals surface area contributed by atoms with E-state index in [2.05, 4.69) is 0 Å². The molecule has 0 amide bonds. The molecule has 0 aromatic heterocycles. The highest BCUT2D eigenvalue weighted by atomic mass is 32.2. The Labute approximate surface area is 75.8 Å². The molecule has 0 radical (unpaired) electrons. The molecule has 0 bridgehead atoms. The summed E-state index contributed by atoms with van der Waals surface area (Å²) in [5, 5.41) is 0. The van der Waals surface area contributed by atoms with E-state index in [0.29, 0.717) is 6.42 Å². The maximum atomic E-state index is 11.5. The van der Waals surface area contributed by atoms with Crippen LogP contribution in [0.5, 0.6) is 0 Å². The van der Waals surface area contributed by atoms with Gasteiger partial charge in [-0.2, -0.15) is 0 Å². The summed E-state index contributed by atoms with van der Waals surface area (Å²) >= 11 is 0. The van der Waals surface area contributed by atoms with Gasteiger partial charge in [0, 0.05) is 13.1 Å². The molecule has 0 heterocycles. The molecular weight excluding hydrogens is 174 g/mol. The third-order valence-corrected chi connectivity index (χ3v) is 4.27. The molecule has 0 aromatic carbocycles. The molecule has 0 N–H and O–H groups in total. The van der Waals surface area contributed by atoms with Crippen LogP contribution < -0.4 is 0 Å². The Kier molecular flexibility index (Phi) is 4.78. The molecule has 1 atom stereocenters. The molecule has 0 aliphatic heterocycles. The van der Waals surface area contributed by atoms with Crippen molar-refractivity contribution in [2.24, 2.45) is 0 Å². The second-order valence-electron chi connectivity index (χ2n) is 3.09. The van der Waals surface area contributed by atoms with Gasteiger partial charge in [-0.25, -0.2) is 12.7 Å². The van der Waals surface area contributed by atoms with Gasteiger partial charge < -0.3 is 0 Å². The van der Waals surface area contributed by atoms with Crippen LogP contribution in [0.2, 0.25) is 0 Å². The Bertz CT molecular complexity index is 211. The van der Waals surface area contributed by atoms with E-state index in [-0.39, 0.29) is 11.8 Å². The number of sulfonamides is 1. The van der Waals surface area contributed by atoms with Gasteiger partial charge in [0.1, 0.15) is 0 Å². The molecule has 4 heteroatoms. The van der Waals surface area contributed by atoms with Crippen molar-refractivity contribution < 1.29 is 8.42 Å². The molecule has 0 aliphatic carbocycles. The average Bonchev–Trinajstić information content (AvgIpc) is 2.01. The Morgan fingerprint density at radius 3 is 2.17 bits per heavy atom. The van der Waals surface area contributed by atoms with E-state index in [0.717, 1.165) is 6.42 Å². The normalized spacial score (nSPS) is 15.1. The summed E-state index contributed by atoms with van der Waals surface area (Å²) in [6.07, 6.45) is 1.54. The Morgan fingerprint density at radius 2 is 1.83 bits per heavy atom. The average molecular weight is 193 g/mol. The monoisotopic (exact) mass is 193 g/mol. The van der Waals surface area contributed by atoms with Gasteiger partial charge in [0.05, 0.1) is 5.75 Å². The molecule has 0 aromatic rings. The highest BCUT2D eigenvalue weighted by Gasteiger charge is 2.20. The summed E-state index contributed by atoms with van der Waals surface area (Å²) < 4.78 is 24.4. The van der Waals surface area contributed by atoms with Gasteiger partial charge >= 0.3 is 0 Å². The maximum absolute atomic E-state index is 11.5. The van der Waals surface area contributed by atoms with Crippen molar-refractivity contribution >= 4 is 10.0 Å². The van der Waals surface area contributed by atoms with E-state index in [1.54, 1.807) is 7.05 Å². The summed E-state index contributed by atoms with van der Waals surface area (Å²) in [7, 11) is -1.34. The Hall–Kier alpha value is -0.0900. The van der Waals surface area contributed by atoms with E-state index in [1.165, 1.54) is 4.31 Å². The zero-order valence-corrected chi connectivity index (χ0v) is 9.19. The van der Waals surface area contributed by atoms with E-state index >= 15 is 0 Å². The first-order valence-electron chi connectivity index (χ1n) is 4.41. The molecule has 0 saturated heterocycles. The highest BCUT2D eigenvalue weighted by molar-refractivity contribution is 7.89. The van der Waals surface area contributed by atoms with Crippen LogP contribution in [-0.2, 0) is 10.0 Å². The lowest BCUT2D eigenvalue weighted by atomic mass is 10.3. The number of rotatable bonds is 5. The van der Waals surface area contributed by atoms with Gasteiger partial charge in [0.2, 0.25) is 10.0 Å². The lowest BCUT2D eigenvalue weighted by molar-refractivity contribution is 0.380. The van der Waals surface area contributed by atoms with Gasteiger partial charge in [-0.15, -0.1) is 0 Å². The van der Waals surface area contributed by atoms with Crippen LogP contribution in [0.4, 0.5) is 0 Å². The van der Waals surface area contributed by atoms with Crippen molar-refractivity contribution in [3.63, 3.8) is 0 Å². The predicted molar refractivity (Wildman–Crippen MR) is 51.6 cm³/mol. The van der Waals surface area contributed by atoms with Gasteiger partial charge in [0.15, 0.2) is 0 Å². The topological polar surface area (TPSA) is 37.4 Å². The van der Waals surface area contributed by atoms with E-state index in [4.69, 9.17) is 0 Å². The summed E-state index contributed by atoms with van der Waals surface area (Å²) in [5.41, 5.74) is 0. The molecule has 0 fully saturated rings. The highest BCUT2D eigenvalue weighted by Crippen LogP contribution is 2.07. The van der Waals surface area contributed by atoms with Crippen LogP contribution in [-0.4, -0.2) is 31.6 Å². The SMILES string of the molecule is CCCS(=O)(=O)N(C)C(C)CC. The lowest BCUT2D eigenvalue weighted by Gasteiger charge is -2.22. The minimum Gasteiger partial charge on any atom is -0.212 e. The fraction of sp³-hybridized carbons (Fsp3) is 1.00. The fourth-order valence-electron chi connectivity index (χ4n) is 0.933. The first kappa shape index (κ1) is 11.9. The maximum Gasteiger partial charge on any atom is 0.214 e. The summed E-state index contributed by atoms with van der Waals surface area (Å²) in [5.74, 6) is 0.258. The van der Waals surface area contributed by atoms with Gasteiger partial charge in [0.25, 0.3) is 0 Å². The molecule has 0 aliphatic rings. The lowest BCUT2D eigenvalue weighted by Crippen LogP contribution is -2.36. The van der Waals surface area contributed by atoms with Crippen LogP contribution in [0.25, 0.3) is 0 Å². The summed E-state index contributed by atoms with van der Waals surface area (Å²) in [6, 6.07) is 0.113. The molecule has 1 unspecified atom stereocenters. The third kappa shape index (κ3) is 3.11. The predicted octanol–water partition coefficient (Wildman–Crippen LogP) is 1.46. The first-order chi connectivity index (χ1) is 5.45. The Morgan fingerprint density at radius 1 is 1.33 bits per heavy atom. The number of hydrogen-bond acceptors (Lipinski definition) is 2. The van der Waals surface area contributed by atoms with E-state index < -0.39 is 10.0 Å². The van der Waals surface area contributed by atoms with Crippen LogP contribution >= 0.6 is 0 Å². The van der Waals surface area contributed by atoms with Crippen LogP contribution in [0, 0.1) is 0 Å². The number of nitrogens with zero attached hydrogens (tertiary/aromatic N) is 1. The fourth-order valence-corrected chi connectivity index (χ4v) is 2.43. The van der Waals surface area contributed by atoms with Crippen LogP contribution in [0.15, 0.2) is 0 Å². The van der Waals surface area contributed by atoms with E-state index in [9.17, 15) is 8.42 Å². The van der Waals surface area contributed by atoms with Crippen molar-refractivity contribution in [1.29, 1.82) is 0 Å². The minimum absolute atomic E-state index is 0.113. The largest absolute Gasteiger partial charge is 0.214 e. The second-order valence-corrected chi connectivity index (χ2v) is 5.24. The van der Waals surface area contributed by atoms with Crippen molar-refractivity contribution in [3.05, 3.63) is 0 Å². The first-order valence-corrected chi connectivity index (χ1v) is 6.02. The summed E-state index contributed by atoms with van der Waals surface area (Å²) in [4.78, 5) is 0. The summed E-state index contributed by atoms with van der Waals surface area (Å²) in [6.45, 7) is 5.79. The molecule has 0 saturated carbocycles. The molecule has 12 heavy (non-hydrogen) atoms. The smallest absolute Gasteiger partial charge is 0.212 e. The minimum atomic E-state index is -2.99. The van der Waals surface area contributed by atoms with Crippen molar-refractivity contribution in [1.82, 2.24) is 4.31 Å². The van der Waals surface area contributed by atoms with Crippen LogP contribution in [0.1, 0.15) is 33.6 Å². The van der Waals surface area contributed by atoms with Crippen LogP contribution in [0.3, 0.4) is 0 Å².